The van der Waals surface area contributed by atoms with Crippen molar-refractivity contribution in [1.82, 2.24) is 9.88 Å². The highest BCUT2D eigenvalue weighted by Crippen LogP contribution is 2.51. The lowest BCUT2D eigenvalue weighted by atomic mass is 9.92. The molecule has 0 saturated heterocycles. The van der Waals surface area contributed by atoms with Gasteiger partial charge in [0.2, 0.25) is 18.6 Å². The van der Waals surface area contributed by atoms with Crippen LogP contribution in [0.2, 0.25) is 0 Å². The topological polar surface area (TPSA) is 122 Å². The second-order valence-electron chi connectivity index (χ2n) is 12.3. The Morgan fingerprint density at radius 2 is 1.70 bits per heavy atom. The summed E-state index contributed by atoms with van der Waals surface area (Å²) >= 11 is 0. The third-order valence-electron chi connectivity index (χ3n) is 7.96. The second-order valence-corrected chi connectivity index (χ2v) is 12.3. The summed E-state index contributed by atoms with van der Waals surface area (Å²) in [6, 6.07) is 13.9. The molecule has 214 valence electrons. The van der Waals surface area contributed by atoms with E-state index in [1.165, 1.54) is 0 Å². The Labute approximate surface area is 234 Å². The van der Waals surface area contributed by atoms with Crippen molar-refractivity contribution in [1.29, 1.82) is 0 Å². The minimum atomic E-state index is -1.03. The summed E-state index contributed by atoms with van der Waals surface area (Å²) in [5, 5.41) is 25.8. The highest BCUT2D eigenvalue weighted by Gasteiger charge is 2.51. The van der Waals surface area contributed by atoms with E-state index >= 15 is 0 Å². The van der Waals surface area contributed by atoms with Crippen LogP contribution in [0, 0.1) is 0 Å². The minimum absolute atomic E-state index is 0.0232. The van der Waals surface area contributed by atoms with Gasteiger partial charge in [-0.25, -0.2) is 0 Å². The lowest BCUT2D eigenvalue weighted by molar-refractivity contribution is -0.124. The van der Waals surface area contributed by atoms with Gasteiger partial charge in [-0.2, -0.15) is 0 Å². The summed E-state index contributed by atoms with van der Waals surface area (Å²) in [7, 11) is 0. The normalized spacial score (nSPS) is 15.8. The molecule has 1 aromatic heterocycles. The fraction of sp³-hybridized carbons (Fsp3) is 0.484. The molecule has 0 spiro atoms. The van der Waals surface area contributed by atoms with Gasteiger partial charge in [-0.1, -0.05) is 26.8 Å². The van der Waals surface area contributed by atoms with Gasteiger partial charge >= 0.3 is 0 Å². The monoisotopic (exact) mass is 549 g/mol. The number of aliphatic hydroxyl groups excluding tert-OH is 2. The van der Waals surface area contributed by atoms with E-state index in [1.54, 1.807) is 6.92 Å². The molecule has 2 amide bonds. The van der Waals surface area contributed by atoms with E-state index in [9.17, 15) is 19.8 Å². The van der Waals surface area contributed by atoms with E-state index in [0.717, 1.165) is 40.7 Å². The van der Waals surface area contributed by atoms with E-state index in [0.29, 0.717) is 24.5 Å². The van der Waals surface area contributed by atoms with E-state index < -0.39 is 11.0 Å². The lowest BCUT2D eigenvalue weighted by Gasteiger charge is -2.26. The van der Waals surface area contributed by atoms with Crippen molar-refractivity contribution in [3.63, 3.8) is 0 Å². The van der Waals surface area contributed by atoms with Crippen molar-refractivity contribution in [2.75, 3.05) is 25.3 Å². The molecule has 0 radical (unpaired) electrons. The summed E-state index contributed by atoms with van der Waals surface area (Å²) in [6.07, 6.45) is 2.44. The molecule has 0 bridgehead atoms. The van der Waals surface area contributed by atoms with Gasteiger partial charge < -0.3 is 34.9 Å². The van der Waals surface area contributed by atoms with Crippen LogP contribution in [-0.4, -0.2) is 52.1 Å². The third kappa shape index (κ3) is 5.40. The number of carbonyl (C=O) groups is 2. The fourth-order valence-corrected chi connectivity index (χ4v) is 5.35. The predicted molar refractivity (Wildman–Crippen MR) is 153 cm³/mol. The molecule has 1 aliphatic heterocycles. The Kier molecular flexibility index (Phi) is 7.31. The maximum Gasteiger partial charge on any atom is 0.235 e. The number of hydrogen-bond acceptors (Lipinski definition) is 6. The molecule has 0 atom stereocenters. The fourth-order valence-electron chi connectivity index (χ4n) is 5.35. The number of aliphatic hydroxyl groups is 2. The molecule has 1 aliphatic carbocycles. The zero-order valence-corrected chi connectivity index (χ0v) is 23.7. The quantitative estimate of drug-likeness (QED) is 0.304. The summed E-state index contributed by atoms with van der Waals surface area (Å²) in [4.78, 5) is 25.9. The molecule has 9 heteroatoms. The molecule has 2 aliphatic rings. The van der Waals surface area contributed by atoms with Crippen molar-refractivity contribution < 1.29 is 29.3 Å². The summed E-state index contributed by atoms with van der Waals surface area (Å²) < 4.78 is 13.2. The Hall–Kier alpha value is -3.56. The van der Waals surface area contributed by atoms with Gasteiger partial charge in [0, 0.05) is 40.7 Å². The smallest absolute Gasteiger partial charge is 0.235 e. The zero-order valence-electron chi connectivity index (χ0n) is 23.7. The minimum Gasteiger partial charge on any atom is -0.454 e. The second kappa shape index (κ2) is 10.4. The zero-order chi connectivity index (χ0) is 28.7. The first-order valence-corrected chi connectivity index (χ1v) is 13.9. The SMILES string of the molecule is CC(CO)(CO)NC(=O)CCCn1c(C(C)(C)C)cc2cc(NC(=O)C3(c4ccc5c(c4)OCO5)CC3)ccc21. The number of aryl methyl sites for hydroxylation is 1. The van der Waals surface area contributed by atoms with E-state index in [2.05, 4.69) is 42.0 Å². The largest absolute Gasteiger partial charge is 0.454 e. The van der Waals surface area contributed by atoms with Crippen LogP contribution in [0.5, 0.6) is 11.5 Å². The van der Waals surface area contributed by atoms with Crippen molar-refractivity contribution >= 4 is 28.4 Å². The van der Waals surface area contributed by atoms with Gasteiger partial charge in [0.1, 0.15) is 0 Å². The van der Waals surface area contributed by atoms with Crippen LogP contribution in [0.3, 0.4) is 0 Å². The van der Waals surface area contributed by atoms with Gasteiger partial charge in [0.25, 0.3) is 0 Å². The van der Waals surface area contributed by atoms with Gasteiger partial charge in [0.15, 0.2) is 11.5 Å². The van der Waals surface area contributed by atoms with Crippen LogP contribution >= 0.6 is 0 Å². The van der Waals surface area contributed by atoms with Crippen LogP contribution in [0.4, 0.5) is 5.69 Å². The Morgan fingerprint density at radius 3 is 2.38 bits per heavy atom. The molecule has 1 fully saturated rings. The number of benzene rings is 2. The van der Waals surface area contributed by atoms with Gasteiger partial charge in [0.05, 0.1) is 24.2 Å². The number of fused-ring (bicyclic) bond motifs is 2. The maximum atomic E-state index is 13.5. The highest BCUT2D eigenvalue weighted by molar-refractivity contribution is 6.02. The first kappa shape index (κ1) is 28.0. The van der Waals surface area contributed by atoms with Crippen molar-refractivity contribution in [2.24, 2.45) is 0 Å². The molecule has 2 heterocycles. The molecule has 4 N–H and O–H groups in total. The summed E-state index contributed by atoms with van der Waals surface area (Å²) in [6.45, 7) is 8.25. The highest BCUT2D eigenvalue weighted by atomic mass is 16.7. The number of anilines is 1. The van der Waals surface area contributed by atoms with Crippen molar-refractivity contribution in [2.45, 2.75) is 76.3 Å². The first-order valence-electron chi connectivity index (χ1n) is 13.9. The molecular formula is C31H39N3O6. The number of hydrogen-bond donors (Lipinski definition) is 4. The number of nitrogens with one attached hydrogen (secondary N) is 2. The number of aromatic nitrogens is 1. The average Bonchev–Trinajstić information content (AvgIpc) is 3.45. The molecule has 5 rings (SSSR count). The molecule has 9 nitrogen and oxygen atoms in total. The van der Waals surface area contributed by atoms with Crippen LogP contribution in [-0.2, 0) is 27.0 Å². The Balaban J connectivity index is 1.32. The van der Waals surface area contributed by atoms with Gasteiger partial charge in [-0.15, -0.1) is 0 Å². The Bertz CT molecular complexity index is 1430. The van der Waals surface area contributed by atoms with Crippen molar-refractivity contribution in [3.05, 3.63) is 53.7 Å². The summed E-state index contributed by atoms with van der Waals surface area (Å²) in [5.41, 5.74) is 2.15. The summed E-state index contributed by atoms with van der Waals surface area (Å²) in [5.74, 6) is 1.16. The van der Waals surface area contributed by atoms with Gasteiger partial charge in [-0.3, -0.25) is 9.59 Å². The third-order valence-corrected chi connectivity index (χ3v) is 7.96. The van der Waals surface area contributed by atoms with Crippen LogP contribution in [0.1, 0.15) is 64.6 Å². The molecule has 40 heavy (non-hydrogen) atoms. The van der Waals surface area contributed by atoms with E-state index in [-0.39, 0.29) is 43.7 Å². The number of ether oxygens (including phenoxy) is 2. The van der Waals surface area contributed by atoms with Crippen LogP contribution in [0.15, 0.2) is 42.5 Å². The first-order chi connectivity index (χ1) is 19.0. The average molecular weight is 550 g/mol. The van der Waals surface area contributed by atoms with Crippen LogP contribution < -0.4 is 20.1 Å². The molecule has 1 saturated carbocycles. The van der Waals surface area contributed by atoms with Gasteiger partial charge in [-0.05, 0) is 68.1 Å². The van der Waals surface area contributed by atoms with Crippen LogP contribution in [0.25, 0.3) is 10.9 Å². The lowest BCUT2D eigenvalue weighted by Crippen LogP contribution is -2.51. The van der Waals surface area contributed by atoms with E-state index in [4.69, 9.17) is 9.47 Å². The van der Waals surface area contributed by atoms with Crippen molar-refractivity contribution in [3.8, 4) is 11.5 Å². The number of carbonyl (C=O) groups excluding carboxylic acids is 2. The number of amides is 2. The molecule has 2 aromatic carbocycles. The predicted octanol–water partition coefficient (Wildman–Crippen LogP) is 3.98. The molecular weight excluding hydrogens is 510 g/mol. The molecule has 3 aromatic rings. The van der Waals surface area contributed by atoms with E-state index in [1.807, 2.05) is 36.4 Å². The Morgan fingerprint density at radius 1 is 0.975 bits per heavy atom. The molecule has 0 unspecified atom stereocenters. The standard InChI is InChI=1S/C31H39N3O6/c1-29(2,3)26-15-20-14-22(8-9-23(20)34(26)13-5-6-27(37)33-30(4,17-35)18-36)32-28(38)31(11-12-31)21-7-10-24-25(16-21)40-19-39-24/h7-10,14-16,35-36H,5-6,11-13,17-19H2,1-4H3,(H,32,38)(H,33,37). The number of nitrogens with zero attached hydrogens (tertiary/aromatic N) is 1. The maximum absolute atomic E-state index is 13.5. The number of rotatable bonds is 10.